The van der Waals surface area contributed by atoms with Gasteiger partial charge < -0.3 is 11.1 Å². The molecular formula is C14H29N3O. The van der Waals surface area contributed by atoms with Crippen molar-refractivity contribution in [2.75, 3.05) is 13.1 Å². The molecule has 0 aliphatic carbocycles. The second kappa shape index (κ2) is 7.10. The minimum atomic E-state index is -0.0668. The van der Waals surface area contributed by atoms with Gasteiger partial charge in [-0.3, -0.25) is 9.69 Å². The number of amides is 1. The van der Waals surface area contributed by atoms with Gasteiger partial charge in [-0.15, -0.1) is 0 Å². The van der Waals surface area contributed by atoms with Crippen LogP contribution in [0.2, 0.25) is 0 Å². The molecule has 1 heterocycles. The third-order valence-corrected chi connectivity index (χ3v) is 4.09. The molecule has 0 spiro atoms. The third kappa shape index (κ3) is 4.25. The van der Waals surface area contributed by atoms with Crippen molar-refractivity contribution < 1.29 is 4.79 Å². The fraction of sp³-hybridized carbons (Fsp3) is 0.929. The standard InChI is InChI=1S/C14H29N3O/c1-5-6-11(3)16-14(18)12(4)17-8-7-10(2)13(15)9-17/h10-13H,5-9,15H2,1-4H3,(H,16,18). The Morgan fingerprint density at radius 3 is 2.72 bits per heavy atom. The van der Waals surface area contributed by atoms with Crippen molar-refractivity contribution in [1.29, 1.82) is 0 Å². The SMILES string of the molecule is CCCC(C)NC(=O)C(C)N1CCC(C)C(N)C1. The smallest absolute Gasteiger partial charge is 0.237 e. The first-order valence-electron chi connectivity index (χ1n) is 7.25. The second-order valence-electron chi connectivity index (χ2n) is 5.80. The van der Waals surface area contributed by atoms with Gasteiger partial charge in [-0.05, 0) is 39.2 Å². The molecule has 0 aromatic rings. The molecule has 18 heavy (non-hydrogen) atoms. The maximum Gasteiger partial charge on any atom is 0.237 e. The predicted octanol–water partition coefficient (Wildman–Crippen LogP) is 1.35. The van der Waals surface area contributed by atoms with E-state index in [0.29, 0.717) is 5.92 Å². The number of carbonyl (C=O) groups is 1. The first-order chi connectivity index (χ1) is 8.45. The van der Waals surface area contributed by atoms with E-state index in [-0.39, 0.29) is 24.0 Å². The Bertz CT molecular complexity index is 270. The van der Waals surface area contributed by atoms with Crippen molar-refractivity contribution in [2.24, 2.45) is 11.7 Å². The highest BCUT2D eigenvalue weighted by atomic mass is 16.2. The topological polar surface area (TPSA) is 58.4 Å². The maximum atomic E-state index is 12.1. The Labute approximate surface area is 111 Å². The van der Waals surface area contributed by atoms with Gasteiger partial charge in [0.25, 0.3) is 0 Å². The van der Waals surface area contributed by atoms with Crippen molar-refractivity contribution in [1.82, 2.24) is 10.2 Å². The van der Waals surface area contributed by atoms with E-state index in [1.807, 2.05) is 6.92 Å². The van der Waals surface area contributed by atoms with E-state index in [4.69, 9.17) is 5.73 Å². The molecule has 1 rings (SSSR count). The van der Waals surface area contributed by atoms with Crippen LogP contribution in [0.1, 0.15) is 47.0 Å². The van der Waals surface area contributed by atoms with Gasteiger partial charge in [-0.25, -0.2) is 0 Å². The fourth-order valence-electron chi connectivity index (χ4n) is 2.51. The summed E-state index contributed by atoms with van der Waals surface area (Å²) in [5, 5.41) is 3.08. The lowest BCUT2D eigenvalue weighted by molar-refractivity contribution is -0.127. The molecule has 0 bridgehead atoms. The van der Waals surface area contributed by atoms with Gasteiger partial charge in [0.2, 0.25) is 5.91 Å². The molecular weight excluding hydrogens is 226 g/mol. The molecule has 0 radical (unpaired) electrons. The van der Waals surface area contributed by atoms with Crippen LogP contribution in [0.3, 0.4) is 0 Å². The van der Waals surface area contributed by atoms with E-state index in [0.717, 1.165) is 32.4 Å². The van der Waals surface area contributed by atoms with Gasteiger partial charge in [0.15, 0.2) is 0 Å². The lowest BCUT2D eigenvalue weighted by Crippen LogP contribution is -2.55. The first kappa shape index (κ1) is 15.4. The van der Waals surface area contributed by atoms with Crippen LogP contribution in [-0.4, -0.2) is 42.0 Å². The molecule has 1 aliphatic heterocycles. The van der Waals surface area contributed by atoms with Crippen molar-refractivity contribution in [3.8, 4) is 0 Å². The van der Waals surface area contributed by atoms with Crippen molar-refractivity contribution in [3.63, 3.8) is 0 Å². The van der Waals surface area contributed by atoms with Crippen LogP contribution < -0.4 is 11.1 Å². The van der Waals surface area contributed by atoms with Crippen LogP contribution in [0.4, 0.5) is 0 Å². The zero-order chi connectivity index (χ0) is 13.7. The zero-order valence-electron chi connectivity index (χ0n) is 12.3. The maximum absolute atomic E-state index is 12.1. The molecule has 4 nitrogen and oxygen atoms in total. The van der Waals surface area contributed by atoms with Crippen LogP contribution in [0.25, 0.3) is 0 Å². The lowest BCUT2D eigenvalue weighted by atomic mass is 9.93. The number of nitrogens with two attached hydrogens (primary N) is 1. The average molecular weight is 255 g/mol. The highest BCUT2D eigenvalue weighted by Gasteiger charge is 2.29. The summed E-state index contributed by atoms with van der Waals surface area (Å²) in [6.07, 6.45) is 3.22. The first-order valence-corrected chi connectivity index (χ1v) is 7.25. The zero-order valence-corrected chi connectivity index (χ0v) is 12.3. The molecule has 4 atom stereocenters. The number of carbonyl (C=O) groups excluding carboxylic acids is 1. The molecule has 4 unspecified atom stereocenters. The number of nitrogens with zero attached hydrogens (tertiary/aromatic N) is 1. The summed E-state index contributed by atoms with van der Waals surface area (Å²) in [5.74, 6) is 0.702. The quantitative estimate of drug-likeness (QED) is 0.779. The summed E-state index contributed by atoms with van der Waals surface area (Å²) in [4.78, 5) is 14.3. The highest BCUT2D eigenvalue weighted by Crippen LogP contribution is 2.17. The molecule has 0 saturated carbocycles. The van der Waals surface area contributed by atoms with E-state index in [1.54, 1.807) is 0 Å². The number of likely N-dealkylation sites (tertiary alicyclic amines) is 1. The van der Waals surface area contributed by atoms with Crippen LogP contribution in [0, 0.1) is 5.92 Å². The molecule has 106 valence electrons. The largest absolute Gasteiger partial charge is 0.352 e. The molecule has 0 aromatic heterocycles. The minimum absolute atomic E-state index is 0.0668. The Kier molecular flexibility index (Phi) is 6.09. The number of hydrogen-bond acceptors (Lipinski definition) is 3. The summed E-state index contributed by atoms with van der Waals surface area (Å²) in [6.45, 7) is 10.2. The molecule has 1 amide bonds. The molecule has 1 aliphatic rings. The predicted molar refractivity (Wildman–Crippen MR) is 75.3 cm³/mol. The molecule has 1 fully saturated rings. The Hall–Kier alpha value is -0.610. The Morgan fingerprint density at radius 2 is 2.17 bits per heavy atom. The van der Waals surface area contributed by atoms with Crippen molar-refractivity contribution in [3.05, 3.63) is 0 Å². The van der Waals surface area contributed by atoms with Gasteiger partial charge >= 0.3 is 0 Å². The van der Waals surface area contributed by atoms with Crippen LogP contribution in [0.5, 0.6) is 0 Å². The Balaban J connectivity index is 2.43. The van der Waals surface area contributed by atoms with E-state index in [1.165, 1.54) is 0 Å². The van der Waals surface area contributed by atoms with E-state index in [2.05, 4.69) is 31.0 Å². The minimum Gasteiger partial charge on any atom is -0.352 e. The summed E-state index contributed by atoms with van der Waals surface area (Å²) in [7, 11) is 0. The Morgan fingerprint density at radius 1 is 1.50 bits per heavy atom. The number of hydrogen-bond donors (Lipinski definition) is 2. The van der Waals surface area contributed by atoms with E-state index in [9.17, 15) is 4.79 Å². The van der Waals surface area contributed by atoms with Crippen molar-refractivity contribution in [2.45, 2.75) is 65.1 Å². The van der Waals surface area contributed by atoms with Gasteiger partial charge in [-0.2, -0.15) is 0 Å². The summed E-state index contributed by atoms with van der Waals surface area (Å²) < 4.78 is 0. The number of nitrogens with one attached hydrogen (secondary N) is 1. The summed E-state index contributed by atoms with van der Waals surface area (Å²) in [5.41, 5.74) is 6.08. The number of rotatable bonds is 5. The normalized spacial score (nSPS) is 28.7. The van der Waals surface area contributed by atoms with Crippen LogP contribution in [0.15, 0.2) is 0 Å². The third-order valence-electron chi connectivity index (χ3n) is 4.09. The lowest BCUT2D eigenvalue weighted by Gasteiger charge is -2.38. The van der Waals surface area contributed by atoms with E-state index < -0.39 is 0 Å². The van der Waals surface area contributed by atoms with Crippen LogP contribution >= 0.6 is 0 Å². The number of piperidine rings is 1. The molecule has 0 aromatic carbocycles. The average Bonchev–Trinajstić information content (AvgIpc) is 2.32. The summed E-state index contributed by atoms with van der Waals surface area (Å²) >= 11 is 0. The second-order valence-corrected chi connectivity index (χ2v) is 5.80. The van der Waals surface area contributed by atoms with Crippen molar-refractivity contribution >= 4 is 5.91 Å². The van der Waals surface area contributed by atoms with Gasteiger partial charge in [0.05, 0.1) is 6.04 Å². The van der Waals surface area contributed by atoms with Crippen LogP contribution in [-0.2, 0) is 4.79 Å². The molecule has 3 N–H and O–H groups in total. The van der Waals surface area contributed by atoms with Gasteiger partial charge in [0.1, 0.15) is 0 Å². The molecule has 1 saturated heterocycles. The van der Waals surface area contributed by atoms with Gasteiger partial charge in [-0.1, -0.05) is 20.3 Å². The fourth-order valence-corrected chi connectivity index (χ4v) is 2.51. The highest BCUT2D eigenvalue weighted by molar-refractivity contribution is 5.81. The van der Waals surface area contributed by atoms with E-state index >= 15 is 0 Å². The van der Waals surface area contributed by atoms with Gasteiger partial charge in [0, 0.05) is 18.6 Å². The monoisotopic (exact) mass is 255 g/mol. The summed E-state index contributed by atoms with van der Waals surface area (Å²) in [6, 6.07) is 0.396. The molecule has 4 heteroatoms.